The van der Waals surface area contributed by atoms with E-state index in [4.69, 9.17) is 14.2 Å². The molecule has 0 aliphatic heterocycles. The Morgan fingerprint density at radius 1 is 1.11 bits per heavy atom. The molecule has 9 heteroatoms. The number of benzene rings is 2. The van der Waals surface area contributed by atoms with Crippen LogP contribution < -0.4 is 25.0 Å². The molecule has 1 atom stereocenters. The summed E-state index contributed by atoms with van der Waals surface area (Å²) in [6, 6.07) is 10.3. The van der Waals surface area contributed by atoms with Crippen LogP contribution in [0.25, 0.3) is 0 Å². The summed E-state index contributed by atoms with van der Waals surface area (Å²) in [5.41, 5.74) is 4.14. The van der Waals surface area contributed by atoms with Gasteiger partial charge in [-0.1, -0.05) is 32.0 Å². The summed E-state index contributed by atoms with van der Waals surface area (Å²) in [4.78, 5) is 25.2. The molecule has 0 saturated carbocycles. The van der Waals surface area contributed by atoms with Crippen molar-refractivity contribution < 1.29 is 23.8 Å². The van der Waals surface area contributed by atoms with E-state index in [0.717, 1.165) is 5.56 Å². The molecule has 0 radical (unpaired) electrons. The van der Waals surface area contributed by atoms with E-state index in [2.05, 4.69) is 31.8 Å². The topological polar surface area (TPSA) is 98.2 Å². The first-order valence-corrected chi connectivity index (χ1v) is 12.2. The predicted molar refractivity (Wildman–Crippen MR) is 140 cm³/mol. The number of methoxy groups -OCH3 is 1. The average Bonchev–Trinajstić information content (AvgIpc) is 2.79. The molecule has 0 heterocycles. The Balaban J connectivity index is 2.02. The molecule has 8 nitrogen and oxygen atoms in total. The highest BCUT2D eigenvalue weighted by Crippen LogP contribution is 2.37. The maximum Gasteiger partial charge on any atom is 0.262 e. The Bertz CT molecular complexity index is 1040. The van der Waals surface area contributed by atoms with Crippen LogP contribution in [0, 0.1) is 12.8 Å². The van der Waals surface area contributed by atoms with E-state index >= 15 is 0 Å². The maximum atomic E-state index is 12.8. The van der Waals surface area contributed by atoms with Crippen molar-refractivity contribution in [3.05, 3.63) is 52.0 Å². The molecule has 2 amide bonds. The van der Waals surface area contributed by atoms with Crippen LogP contribution >= 0.6 is 15.9 Å². The van der Waals surface area contributed by atoms with Crippen LogP contribution in [0.2, 0.25) is 0 Å². The average molecular weight is 548 g/mol. The maximum absolute atomic E-state index is 12.8. The molecule has 0 bridgehead atoms. The van der Waals surface area contributed by atoms with Gasteiger partial charge in [-0.25, -0.2) is 5.43 Å². The second kappa shape index (κ2) is 13.7. The number of rotatable bonds is 12. The number of hydrogen-bond donors (Lipinski definition) is 2. The smallest absolute Gasteiger partial charge is 0.262 e. The number of aryl methyl sites for hydroxylation is 1. The Kier molecular flexibility index (Phi) is 11.0. The Labute approximate surface area is 215 Å². The monoisotopic (exact) mass is 547 g/mol. The highest BCUT2D eigenvalue weighted by atomic mass is 79.9. The molecule has 0 aromatic heterocycles. The van der Waals surface area contributed by atoms with Crippen molar-refractivity contribution >= 4 is 34.0 Å². The van der Waals surface area contributed by atoms with Crippen molar-refractivity contribution in [1.82, 2.24) is 10.7 Å². The zero-order chi connectivity index (χ0) is 26.0. The fraction of sp³-hybridized carbons (Fsp3) is 0.423. The van der Waals surface area contributed by atoms with E-state index < -0.39 is 11.9 Å². The van der Waals surface area contributed by atoms with Gasteiger partial charge in [0.25, 0.3) is 11.8 Å². The van der Waals surface area contributed by atoms with Crippen molar-refractivity contribution in [3.63, 3.8) is 0 Å². The minimum Gasteiger partial charge on any atom is -0.493 e. The van der Waals surface area contributed by atoms with Crippen LogP contribution in [0.3, 0.4) is 0 Å². The van der Waals surface area contributed by atoms with Gasteiger partial charge in [-0.2, -0.15) is 5.10 Å². The summed E-state index contributed by atoms with van der Waals surface area (Å²) < 4.78 is 17.5. The number of carbonyl (C=O) groups is 2. The van der Waals surface area contributed by atoms with Crippen LogP contribution in [0.15, 0.2) is 46.0 Å². The summed E-state index contributed by atoms with van der Waals surface area (Å²) in [6.07, 6.45) is 1.94. The van der Waals surface area contributed by atoms with Crippen molar-refractivity contribution in [2.75, 3.05) is 13.7 Å². The zero-order valence-corrected chi connectivity index (χ0v) is 22.6. The molecule has 0 spiro atoms. The van der Waals surface area contributed by atoms with Gasteiger partial charge in [0.05, 0.1) is 23.9 Å². The molecule has 0 aliphatic carbocycles. The molecular weight excluding hydrogens is 514 g/mol. The number of halogens is 1. The lowest BCUT2D eigenvalue weighted by Gasteiger charge is -2.19. The van der Waals surface area contributed by atoms with Gasteiger partial charge < -0.3 is 19.5 Å². The summed E-state index contributed by atoms with van der Waals surface area (Å²) in [7, 11) is 1.56. The van der Waals surface area contributed by atoms with Crippen LogP contribution in [-0.4, -0.2) is 43.9 Å². The molecule has 0 aliphatic rings. The fourth-order valence-electron chi connectivity index (χ4n) is 3.21. The van der Waals surface area contributed by atoms with Crippen LogP contribution in [0.1, 0.15) is 45.2 Å². The molecule has 2 rings (SSSR count). The lowest BCUT2D eigenvalue weighted by Crippen LogP contribution is -2.47. The largest absolute Gasteiger partial charge is 0.493 e. The molecule has 35 heavy (non-hydrogen) atoms. The SMILES string of the molecule is COc1cc(/C=N\NC(=O)[C@@H](CC(C)C)NC(=O)COc2ccccc2C)cc(Br)c1OC(C)C. The predicted octanol–water partition coefficient (Wildman–Crippen LogP) is 4.61. The standard InChI is InChI=1S/C26H34BrN3O5/c1-16(2)11-21(29-24(31)15-34-22-10-8-7-9-18(22)5)26(32)30-28-14-19-12-20(27)25(35-17(3)4)23(13-19)33-6/h7-10,12-14,16-17,21H,11,15H2,1-6H3,(H,29,31)(H,30,32)/b28-14-/t21-/m1/s1. The summed E-state index contributed by atoms with van der Waals surface area (Å²) in [6.45, 7) is 9.53. The number of nitrogens with zero attached hydrogens (tertiary/aromatic N) is 1. The van der Waals surface area contributed by atoms with Gasteiger partial charge in [0.15, 0.2) is 18.1 Å². The van der Waals surface area contributed by atoms with Gasteiger partial charge in [-0.15, -0.1) is 0 Å². The minimum absolute atomic E-state index is 0.0192. The van der Waals surface area contributed by atoms with E-state index in [0.29, 0.717) is 33.7 Å². The second-order valence-corrected chi connectivity index (χ2v) is 9.59. The van der Waals surface area contributed by atoms with Gasteiger partial charge in [-0.05, 0) is 78.4 Å². The second-order valence-electron chi connectivity index (χ2n) is 8.74. The number of amides is 2. The summed E-state index contributed by atoms with van der Waals surface area (Å²) >= 11 is 3.49. The first-order valence-electron chi connectivity index (χ1n) is 11.5. The minimum atomic E-state index is -0.747. The Hall–Kier alpha value is -3.07. The number of hydrazone groups is 1. The molecule has 2 aromatic carbocycles. The quantitative estimate of drug-likeness (QED) is 0.298. The number of carbonyl (C=O) groups excluding carboxylic acids is 2. The molecule has 190 valence electrons. The lowest BCUT2D eigenvalue weighted by atomic mass is 10.0. The van der Waals surface area contributed by atoms with Crippen LogP contribution in [-0.2, 0) is 9.59 Å². The zero-order valence-electron chi connectivity index (χ0n) is 21.1. The van der Waals surface area contributed by atoms with Crippen molar-refractivity contribution in [1.29, 1.82) is 0 Å². The molecule has 0 saturated heterocycles. The van der Waals surface area contributed by atoms with Gasteiger partial charge in [0.1, 0.15) is 11.8 Å². The fourth-order valence-corrected chi connectivity index (χ4v) is 3.77. The first-order chi connectivity index (χ1) is 16.6. The van der Waals surface area contributed by atoms with Crippen LogP contribution in [0.5, 0.6) is 17.2 Å². The lowest BCUT2D eigenvalue weighted by molar-refractivity contribution is -0.130. The summed E-state index contributed by atoms with van der Waals surface area (Å²) in [5.74, 6) is 1.15. The third-order valence-electron chi connectivity index (χ3n) is 4.80. The molecule has 0 fully saturated rings. The number of para-hydroxylation sites is 1. The third-order valence-corrected chi connectivity index (χ3v) is 5.39. The van der Waals surface area contributed by atoms with Crippen molar-refractivity contribution in [2.24, 2.45) is 11.0 Å². The van der Waals surface area contributed by atoms with E-state index in [1.54, 1.807) is 19.2 Å². The van der Waals surface area contributed by atoms with E-state index in [1.165, 1.54) is 6.21 Å². The van der Waals surface area contributed by atoms with E-state index in [-0.39, 0.29) is 24.5 Å². The normalized spacial score (nSPS) is 12.0. The Morgan fingerprint density at radius 2 is 1.83 bits per heavy atom. The molecule has 2 N–H and O–H groups in total. The van der Waals surface area contributed by atoms with Crippen LogP contribution in [0.4, 0.5) is 0 Å². The van der Waals surface area contributed by atoms with E-state index in [1.807, 2.05) is 58.9 Å². The van der Waals surface area contributed by atoms with E-state index in [9.17, 15) is 9.59 Å². The van der Waals surface area contributed by atoms with Crippen molar-refractivity contribution in [3.8, 4) is 17.2 Å². The number of hydrogen-bond acceptors (Lipinski definition) is 6. The third kappa shape index (κ3) is 9.24. The van der Waals surface area contributed by atoms with Crippen molar-refractivity contribution in [2.45, 2.75) is 53.2 Å². The summed E-state index contributed by atoms with van der Waals surface area (Å²) in [5, 5.41) is 6.81. The van der Waals surface area contributed by atoms with Gasteiger partial charge >= 0.3 is 0 Å². The number of nitrogens with one attached hydrogen (secondary N) is 2. The van der Waals surface area contributed by atoms with Gasteiger partial charge in [-0.3, -0.25) is 9.59 Å². The molecule has 2 aromatic rings. The Morgan fingerprint density at radius 3 is 2.46 bits per heavy atom. The molecular formula is C26H34BrN3O5. The van der Waals surface area contributed by atoms with Gasteiger partial charge in [0.2, 0.25) is 0 Å². The number of ether oxygens (including phenoxy) is 3. The first kappa shape index (κ1) is 28.2. The van der Waals surface area contributed by atoms with Gasteiger partial charge in [0, 0.05) is 0 Å². The highest BCUT2D eigenvalue weighted by molar-refractivity contribution is 9.10. The molecule has 0 unspecified atom stereocenters. The highest BCUT2D eigenvalue weighted by Gasteiger charge is 2.22.